The molecule has 1 rings (SSSR count). The molecule has 0 bridgehead atoms. The molecular formula is C12H13Cl2NO. The molecule has 16 heavy (non-hydrogen) atoms. The first-order valence-corrected chi connectivity index (χ1v) is 5.81. The van der Waals surface area contributed by atoms with Gasteiger partial charge in [0.1, 0.15) is 0 Å². The molecule has 0 aliphatic heterocycles. The molecule has 1 aromatic carbocycles. The maximum Gasteiger partial charge on any atom is 0.248 e. The maximum absolute atomic E-state index is 11.4. The number of halogens is 2. The van der Waals surface area contributed by atoms with Crippen LogP contribution in [-0.4, -0.2) is 5.91 Å². The molecule has 1 amide bonds. The SMILES string of the molecule is CCC/C=C/C(=O)Nc1ccc(Cl)c(Cl)c1. The fraction of sp³-hybridized carbons (Fsp3) is 0.250. The van der Waals surface area contributed by atoms with E-state index in [4.69, 9.17) is 23.2 Å². The fourth-order valence-corrected chi connectivity index (χ4v) is 1.41. The first-order valence-electron chi connectivity index (χ1n) is 5.06. The lowest BCUT2D eigenvalue weighted by Gasteiger charge is -2.03. The Balaban J connectivity index is 2.59. The van der Waals surface area contributed by atoms with Gasteiger partial charge in [0.15, 0.2) is 0 Å². The Morgan fingerprint density at radius 2 is 2.12 bits per heavy atom. The van der Waals surface area contributed by atoms with Crippen molar-refractivity contribution in [1.82, 2.24) is 0 Å². The summed E-state index contributed by atoms with van der Waals surface area (Å²) in [6.07, 6.45) is 5.28. The summed E-state index contributed by atoms with van der Waals surface area (Å²) in [5.41, 5.74) is 0.639. The van der Waals surface area contributed by atoms with Crippen molar-refractivity contribution in [1.29, 1.82) is 0 Å². The second kappa shape index (κ2) is 6.56. The minimum Gasteiger partial charge on any atom is -0.322 e. The summed E-state index contributed by atoms with van der Waals surface area (Å²) in [5.74, 6) is -0.160. The van der Waals surface area contributed by atoms with Gasteiger partial charge >= 0.3 is 0 Å². The molecule has 1 N–H and O–H groups in total. The van der Waals surface area contributed by atoms with Gasteiger partial charge in [0.05, 0.1) is 10.0 Å². The normalized spacial score (nSPS) is 10.7. The van der Waals surface area contributed by atoms with Gasteiger partial charge in [0.2, 0.25) is 5.91 Å². The zero-order chi connectivity index (χ0) is 12.0. The van der Waals surface area contributed by atoms with E-state index in [9.17, 15) is 4.79 Å². The van der Waals surface area contributed by atoms with Crippen molar-refractivity contribution in [3.63, 3.8) is 0 Å². The molecule has 2 nitrogen and oxygen atoms in total. The van der Waals surface area contributed by atoms with Crippen molar-refractivity contribution < 1.29 is 4.79 Å². The van der Waals surface area contributed by atoms with Crippen LogP contribution in [0, 0.1) is 0 Å². The van der Waals surface area contributed by atoms with Crippen molar-refractivity contribution >= 4 is 34.8 Å². The van der Waals surface area contributed by atoms with Crippen LogP contribution in [0.15, 0.2) is 30.4 Å². The van der Waals surface area contributed by atoms with Crippen LogP contribution in [0.2, 0.25) is 10.0 Å². The van der Waals surface area contributed by atoms with E-state index in [2.05, 4.69) is 12.2 Å². The third-order valence-electron chi connectivity index (χ3n) is 1.91. The molecule has 4 heteroatoms. The molecule has 0 unspecified atom stereocenters. The lowest BCUT2D eigenvalue weighted by Crippen LogP contribution is -2.07. The zero-order valence-corrected chi connectivity index (χ0v) is 10.5. The van der Waals surface area contributed by atoms with Crippen LogP contribution in [0.3, 0.4) is 0 Å². The molecular weight excluding hydrogens is 245 g/mol. The summed E-state index contributed by atoms with van der Waals surface area (Å²) in [5, 5.41) is 3.60. The summed E-state index contributed by atoms with van der Waals surface area (Å²) >= 11 is 11.6. The van der Waals surface area contributed by atoms with E-state index in [1.54, 1.807) is 18.2 Å². The molecule has 1 aromatic rings. The number of carbonyl (C=O) groups is 1. The number of benzene rings is 1. The summed E-state index contributed by atoms with van der Waals surface area (Å²) in [6.45, 7) is 2.06. The molecule has 0 atom stereocenters. The largest absolute Gasteiger partial charge is 0.322 e. The summed E-state index contributed by atoms with van der Waals surface area (Å²) < 4.78 is 0. The minimum atomic E-state index is -0.160. The molecule has 0 spiro atoms. The average Bonchev–Trinajstić information content (AvgIpc) is 2.24. The van der Waals surface area contributed by atoms with E-state index < -0.39 is 0 Å². The Labute approximate surface area is 105 Å². The molecule has 0 radical (unpaired) electrons. The van der Waals surface area contributed by atoms with Crippen molar-refractivity contribution in [2.45, 2.75) is 19.8 Å². The summed E-state index contributed by atoms with van der Waals surface area (Å²) in [6, 6.07) is 4.98. The number of anilines is 1. The average molecular weight is 258 g/mol. The van der Waals surface area contributed by atoms with Crippen molar-refractivity contribution in [2.75, 3.05) is 5.32 Å². The molecule has 0 aliphatic carbocycles. The minimum absolute atomic E-state index is 0.160. The highest BCUT2D eigenvalue weighted by atomic mass is 35.5. The lowest BCUT2D eigenvalue weighted by molar-refractivity contribution is -0.111. The fourth-order valence-electron chi connectivity index (χ4n) is 1.11. The van der Waals surface area contributed by atoms with Crippen molar-refractivity contribution in [3.05, 3.63) is 40.4 Å². The summed E-state index contributed by atoms with van der Waals surface area (Å²) in [7, 11) is 0. The van der Waals surface area contributed by atoms with Gasteiger partial charge in [-0.05, 0) is 30.7 Å². The highest BCUT2D eigenvalue weighted by Crippen LogP contribution is 2.24. The Morgan fingerprint density at radius 3 is 2.75 bits per heavy atom. The summed E-state index contributed by atoms with van der Waals surface area (Å²) in [4.78, 5) is 11.4. The number of unbranched alkanes of at least 4 members (excludes halogenated alkanes) is 1. The number of hydrogen-bond donors (Lipinski definition) is 1. The number of amides is 1. The Bertz CT molecular complexity index is 402. The van der Waals surface area contributed by atoms with Gasteiger partial charge in [-0.2, -0.15) is 0 Å². The standard InChI is InChI=1S/C12H13Cl2NO/c1-2-3-4-5-12(16)15-9-6-7-10(13)11(14)8-9/h4-8H,2-3H2,1H3,(H,15,16)/b5-4+. The van der Waals surface area contributed by atoms with Gasteiger partial charge in [0.25, 0.3) is 0 Å². The van der Waals surface area contributed by atoms with E-state index in [1.165, 1.54) is 6.08 Å². The quantitative estimate of drug-likeness (QED) is 0.802. The van der Waals surface area contributed by atoms with Crippen LogP contribution in [0.5, 0.6) is 0 Å². The number of hydrogen-bond acceptors (Lipinski definition) is 1. The van der Waals surface area contributed by atoms with E-state index in [0.717, 1.165) is 12.8 Å². The van der Waals surface area contributed by atoms with E-state index in [0.29, 0.717) is 15.7 Å². The van der Waals surface area contributed by atoms with Crippen LogP contribution in [-0.2, 0) is 4.79 Å². The zero-order valence-electron chi connectivity index (χ0n) is 8.97. The van der Waals surface area contributed by atoms with E-state index in [-0.39, 0.29) is 5.91 Å². The maximum atomic E-state index is 11.4. The Morgan fingerprint density at radius 1 is 1.38 bits per heavy atom. The third-order valence-corrected chi connectivity index (χ3v) is 2.65. The topological polar surface area (TPSA) is 29.1 Å². The Hall–Kier alpha value is -0.990. The first-order chi connectivity index (χ1) is 7.63. The van der Waals surface area contributed by atoms with Crippen LogP contribution >= 0.6 is 23.2 Å². The number of nitrogens with one attached hydrogen (secondary N) is 1. The van der Waals surface area contributed by atoms with Gasteiger partial charge < -0.3 is 5.32 Å². The third kappa shape index (κ3) is 4.25. The molecule has 0 fully saturated rings. The second-order valence-electron chi connectivity index (χ2n) is 3.31. The monoisotopic (exact) mass is 257 g/mol. The van der Waals surface area contributed by atoms with Gasteiger partial charge in [-0.25, -0.2) is 0 Å². The van der Waals surface area contributed by atoms with Gasteiger partial charge in [-0.3, -0.25) is 4.79 Å². The number of rotatable bonds is 4. The van der Waals surface area contributed by atoms with Gasteiger partial charge in [-0.1, -0.05) is 42.6 Å². The van der Waals surface area contributed by atoms with Crippen LogP contribution in [0.4, 0.5) is 5.69 Å². The van der Waals surface area contributed by atoms with E-state index in [1.807, 2.05) is 6.08 Å². The van der Waals surface area contributed by atoms with Crippen LogP contribution in [0.1, 0.15) is 19.8 Å². The molecule has 0 heterocycles. The predicted octanol–water partition coefficient (Wildman–Crippen LogP) is 4.29. The van der Waals surface area contributed by atoms with Crippen LogP contribution < -0.4 is 5.32 Å². The Kier molecular flexibility index (Phi) is 5.36. The lowest BCUT2D eigenvalue weighted by atomic mass is 10.3. The second-order valence-corrected chi connectivity index (χ2v) is 4.12. The number of carbonyl (C=O) groups excluding carboxylic acids is 1. The van der Waals surface area contributed by atoms with Gasteiger partial charge in [0, 0.05) is 5.69 Å². The smallest absolute Gasteiger partial charge is 0.248 e. The van der Waals surface area contributed by atoms with E-state index >= 15 is 0 Å². The number of allylic oxidation sites excluding steroid dienone is 1. The first kappa shape index (κ1) is 13.1. The predicted molar refractivity (Wildman–Crippen MR) is 69.1 cm³/mol. The molecule has 0 saturated carbocycles. The molecule has 0 aliphatic rings. The van der Waals surface area contributed by atoms with Crippen molar-refractivity contribution in [3.8, 4) is 0 Å². The molecule has 0 saturated heterocycles. The highest BCUT2D eigenvalue weighted by Gasteiger charge is 2.01. The molecule has 0 aromatic heterocycles. The highest BCUT2D eigenvalue weighted by molar-refractivity contribution is 6.42. The molecule has 86 valence electrons. The van der Waals surface area contributed by atoms with Crippen LogP contribution in [0.25, 0.3) is 0 Å². The van der Waals surface area contributed by atoms with Crippen molar-refractivity contribution in [2.24, 2.45) is 0 Å². The van der Waals surface area contributed by atoms with Gasteiger partial charge in [-0.15, -0.1) is 0 Å².